The summed E-state index contributed by atoms with van der Waals surface area (Å²) in [6.07, 6.45) is 3.06. The molecule has 4 heteroatoms. The van der Waals surface area contributed by atoms with Crippen molar-refractivity contribution < 1.29 is 13.4 Å². The van der Waals surface area contributed by atoms with E-state index in [1.165, 1.54) is 5.69 Å². The van der Waals surface area contributed by atoms with E-state index in [-0.39, 0.29) is 20.8 Å². The van der Waals surface area contributed by atoms with Crippen molar-refractivity contribution in [1.82, 2.24) is 4.98 Å². The fourth-order valence-electron chi connectivity index (χ4n) is 3.35. The third-order valence-corrected chi connectivity index (χ3v) is 5.01. The van der Waals surface area contributed by atoms with Crippen molar-refractivity contribution in [3.8, 4) is 0 Å². The van der Waals surface area contributed by atoms with Crippen LogP contribution in [0.4, 0.5) is 0 Å². The van der Waals surface area contributed by atoms with Crippen LogP contribution in [0.15, 0.2) is 24.4 Å². The molecular formula is C16H26Cl2CrN. The monoisotopic (exact) mass is 354 g/mol. The summed E-state index contributed by atoms with van der Waals surface area (Å²) in [7, 11) is 9.65. The van der Waals surface area contributed by atoms with Crippen molar-refractivity contribution >= 4 is 20.1 Å². The van der Waals surface area contributed by atoms with Crippen molar-refractivity contribution in [2.75, 3.05) is 0 Å². The van der Waals surface area contributed by atoms with Gasteiger partial charge in [-0.1, -0.05) is 33.8 Å². The second-order valence-electron chi connectivity index (χ2n) is 5.68. The van der Waals surface area contributed by atoms with Crippen molar-refractivity contribution in [3.05, 3.63) is 37.5 Å². The fraction of sp³-hybridized carbons (Fsp3) is 0.625. The zero-order valence-electron chi connectivity index (χ0n) is 13.0. The number of rotatable bonds is 2. The van der Waals surface area contributed by atoms with Gasteiger partial charge in [-0.05, 0) is 48.1 Å². The average molecular weight is 355 g/mol. The van der Waals surface area contributed by atoms with Gasteiger partial charge in [-0.15, -0.1) is 0 Å². The minimum absolute atomic E-state index is 0. The van der Waals surface area contributed by atoms with E-state index in [2.05, 4.69) is 44.8 Å². The molecule has 20 heavy (non-hydrogen) atoms. The Labute approximate surface area is 139 Å². The summed E-state index contributed by atoms with van der Waals surface area (Å²) in [5.41, 5.74) is 1.26. The standard InChI is InChI=1S/C15H23N.CH3.2ClH.Cr/c1-10-11(2)13(4)15(12(10)3)9-14-7-5-6-8-16-14;;;;/h5-8,10-13,15H,9H2,1-4H3;1H3;2*1H;/q;-1;;;+3/p-2. The summed E-state index contributed by atoms with van der Waals surface area (Å²) in [6.45, 7) is 9.64. The molecule has 0 aromatic carbocycles. The number of hydrogen-bond donors (Lipinski definition) is 0. The normalized spacial score (nSPS) is 31.8. The SMILES string of the molecule is CC1C(C)C(C)C(Cc2ccccn2)C1C.[CH3-].[Cl][Cr+][Cl]. The second kappa shape index (κ2) is 10.1. The van der Waals surface area contributed by atoms with Crippen LogP contribution in [0.2, 0.25) is 0 Å². The summed E-state index contributed by atoms with van der Waals surface area (Å²) in [4.78, 5) is 4.46. The van der Waals surface area contributed by atoms with Crippen LogP contribution >= 0.6 is 20.1 Å². The number of halogens is 2. The van der Waals surface area contributed by atoms with Crippen LogP contribution in [0, 0.1) is 37.0 Å². The molecule has 1 heterocycles. The molecule has 1 nitrogen and oxygen atoms in total. The fourth-order valence-corrected chi connectivity index (χ4v) is 3.35. The first-order chi connectivity index (χ1) is 9.02. The van der Waals surface area contributed by atoms with E-state index in [4.69, 9.17) is 20.1 Å². The van der Waals surface area contributed by atoms with Crippen molar-refractivity contribution in [2.45, 2.75) is 34.1 Å². The molecule has 1 aromatic rings. The minimum atomic E-state index is -0.181. The van der Waals surface area contributed by atoms with Crippen LogP contribution in [-0.4, -0.2) is 4.98 Å². The molecule has 2 rings (SSSR count). The van der Waals surface area contributed by atoms with E-state index in [1.807, 2.05) is 12.3 Å². The molecule has 1 aliphatic carbocycles. The molecule has 0 radical (unpaired) electrons. The summed E-state index contributed by atoms with van der Waals surface area (Å²) in [5, 5.41) is 0. The van der Waals surface area contributed by atoms with Crippen LogP contribution in [0.25, 0.3) is 0 Å². The van der Waals surface area contributed by atoms with E-state index >= 15 is 0 Å². The predicted octanol–water partition coefficient (Wildman–Crippen LogP) is 5.63. The maximum absolute atomic E-state index is 4.83. The van der Waals surface area contributed by atoms with Gasteiger partial charge >= 0.3 is 33.5 Å². The van der Waals surface area contributed by atoms with Crippen LogP contribution in [0.5, 0.6) is 0 Å². The van der Waals surface area contributed by atoms with Crippen molar-refractivity contribution in [2.24, 2.45) is 29.6 Å². The Bertz CT molecular complexity index is 347. The Balaban J connectivity index is 0.000000830. The van der Waals surface area contributed by atoms with Crippen LogP contribution in [0.1, 0.15) is 33.4 Å². The first kappa shape index (κ1) is 20.3. The van der Waals surface area contributed by atoms with Gasteiger partial charge in [0.25, 0.3) is 0 Å². The van der Waals surface area contributed by atoms with Crippen LogP contribution in [0.3, 0.4) is 0 Å². The van der Waals surface area contributed by atoms with Gasteiger partial charge < -0.3 is 7.43 Å². The predicted molar refractivity (Wildman–Crippen MR) is 86.2 cm³/mol. The van der Waals surface area contributed by atoms with Gasteiger partial charge in [0.15, 0.2) is 0 Å². The van der Waals surface area contributed by atoms with Crippen LogP contribution in [-0.2, 0) is 19.8 Å². The first-order valence-electron chi connectivity index (χ1n) is 6.82. The Morgan fingerprint density at radius 1 is 1.00 bits per heavy atom. The summed E-state index contributed by atoms with van der Waals surface area (Å²) >= 11 is -0.181. The van der Waals surface area contributed by atoms with E-state index in [0.29, 0.717) is 0 Å². The van der Waals surface area contributed by atoms with Gasteiger partial charge in [-0.25, -0.2) is 0 Å². The molecule has 1 aliphatic rings. The van der Waals surface area contributed by atoms with Gasteiger partial charge in [-0.3, -0.25) is 4.98 Å². The molecule has 115 valence electrons. The number of nitrogens with zero attached hydrogens (tertiary/aromatic N) is 1. The van der Waals surface area contributed by atoms with Gasteiger partial charge in [0, 0.05) is 11.9 Å². The Morgan fingerprint density at radius 3 is 1.90 bits per heavy atom. The Hall–Kier alpha value is 0.262. The summed E-state index contributed by atoms with van der Waals surface area (Å²) in [5.74, 6) is 4.16. The number of pyridine rings is 1. The molecule has 1 aromatic heterocycles. The number of hydrogen-bond acceptors (Lipinski definition) is 1. The van der Waals surface area contributed by atoms with Crippen molar-refractivity contribution in [1.29, 1.82) is 0 Å². The van der Waals surface area contributed by atoms with Crippen molar-refractivity contribution in [3.63, 3.8) is 0 Å². The van der Waals surface area contributed by atoms with E-state index in [0.717, 1.165) is 36.0 Å². The zero-order valence-corrected chi connectivity index (χ0v) is 15.8. The molecule has 1 saturated carbocycles. The second-order valence-corrected chi connectivity index (χ2v) is 7.79. The molecule has 0 saturated heterocycles. The molecule has 0 aliphatic heterocycles. The molecule has 4 unspecified atom stereocenters. The molecule has 0 N–H and O–H groups in total. The molecule has 4 atom stereocenters. The molecular weight excluding hydrogens is 329 g/mol. The quantitative estimate of drug-likeness (QED) is 0.627. The molecule has 0 spiro atoms. The van der Waals surface area contributed by atoms with E-state index < -0.39 is 0 Å². The van der Waals surface area contributed by atoms with Gasteiger partial charge in [0.05, 0.1) is 0 Å². The third kappa shape index (κ3) is 5.23. The van der Waals surface area contributed by atoms with Gasteiger partial charge in [0.2, 0.25) is 0 Å². The van der Waals surface area contributed by atoms with Gasteiger partial charge in [-0.2, -0.15) is 0 Å². The van der Waals surface area contributed by atoms with E-state index in [9.17, 15) is 0 Å². The summed E-state index contributed by atoms with van der Waals surface area (Å²) in [6, 6.07) is 6.25. The Kier molecular flexibility index (Phi) is 10.2. The maximum atomic E-state index is 4.83. The zero-order chi connectivity index (χ0) is 14.4. The topological polar surface area (TPSA) is 12.9 Å². The Morgan fingerprint density at radius 2 is 1.50 bits per heavy atom. The number of aromatic nitrogens is 1. The molecule has 0 bridgehead atoms. The van der Waals surface area contributed by atoms with Gasteiger partial charge in [0.1, 0.15) is 0 Å². The molecule has 0 amide bonds. The molecule has 1 fully saturated rings. The van der Waals surface area contributed by atoms with E-state index in [1.54, 1.807) is 0 Å². The third-order valence-electron chi connectivity index (χ3n) is 5.01. The first-order valence-corrected chi connectivity index (χ1v) is 10.3. The van der Waals surface area contributed by atoms with Crippen LogP contribution < -0.4 is 0 Å². The average Bonchev–Trinajstić information content (AvgIpc) is 2.59. The summed E-state index contributed by atoms with van der Waals surface area (Å²) < 4.78 is 0.